The number of hydrogen-bond acceptors (Lipinski definition) is 3. The van der Waals surface area contributed by atoms with Gasteiger partial charge in [-0.15, -0.1) is 0 Å². The average molecular weight is 388 g/mol. The van der Waals surface area contributed by atoms with Crippen LogP contribution >= 0.6 is 0 Å². The van der Waals surface area contributed by atoms with E-state index in [-0.39, 0.29) is 6.10 Å². The van der Waals surface area contributed by atoms with Gasteiger partial charge < -0.3 is 9.64 Å². The number of hydrogen-bond donors (Lipinski definition) is 0. The maximum atomic E-state index is 12.7. The fraction of sp³-hybridized carbons (Fsp3) is 0.500. The van der Waals surface area contributed by atoms with Crippen molar-refractivity contribution >= 4 is 0 Å². The molecule has 1 aliphatic heterocycles. The van der Waals surface area contributed by atoms with Crippen LogP contribution in [0.2, 0.25) is 0 Å². The highest BCUT2D eigenvalue weighted by Gasteiger charge is 2.27. The summed E-state index contributed by atoms with van der Waals surface area (Å²) >= 11 is 0. The molecule has 1 saturated carbocycles. The highest BCUT2D eigenvalue weighted by atomic mass is 19.3. The zero-order valence-corrected chi connectivity index (χ0v) is 15.9. The largest absolute Gasteiger partial charge is 0.490 e. The summed E-state index contributed by atoms with van der Waals surface area (Å²) in [6, 6.07) is 11.0. The maximum Gasteiger partial charge on any atom is 0.321 e. The molecule has 0 bridgehead atoms. The number of piperidine rings is 1. The van der Waals surface area contributed by atoms with Crippen LogP contribution in [0.4, 0.5) is 8.78 Å². The predicted molar refractivity (Wildman–Crippen MR) is 105 cm³/mol. The van der Waals surface area contributed by atoms with Gasteiger partial charge in [-0.25, -0.2) is 0 Å². The molecule has 28 heavy (non-hydrogen) atoms. The van der Waals surface area contributed by atoms with Gasteiger partial charge >= 0.3 is 6.55 Å². The molecule has 1 aliphatic carbocycles. The zero-order chi connectivity index (χ0) is 19.5. The Labute approximate surface area is 163 Å². The summed E-state index contributed by atoms with van der Waals surface area (Å²) in [4.78, 5) is 14.4. The molecule has 6 heteroatoms. The molecular weight excluding hydrogens is 362 g/mol. The molecule has 0 amide bonds. The molecule has 2 aliphatic rings. The number of alkyl halides is 2. The van der Waals surface area contributed by atoms with Crippen LogP contribution in [0.1, 0.15) is 45.1 Å². The Morgan fingerprint density at radius 3 is 2.21 bits per heavy atom. The molecule has 0 atom stereocenters. The fourth-order valence-corrected chi connectivity index (χ4v) is 4.38. The topological polar surface area (TPSA) is 34.5 Å². The first-order chi connectivity index (χ1) is 13.6. The molecule has 2 fully saturated rings. The van der Waals surface area contributed by atoms with Gasteiger partial charge in [0.1, 0.15) is 11.9 Å². The molecule has 0 N–H and O–H groups in total. The molecule has 0 unspecified atom stereocenters. The Hall–Kier alpha value is -2.21. The van der Waals surface area contributed by atoms with Crippen LogP contribution in [-0.2, 0) is 0 Å². The van der Waals surface area contributed by atoms with Crippen molar-refractivity contribution < 1.29 is 13.5 Å². The molecule has 0 radical (unpaired) electrons. The summed E-state index contributed by atoms with van der Waals surface area (Å²) < 4.78 is 31.9. The summed E-state index contributed by atoms with van der Waals surface area (Å²) in [6.45, 7) is -0.612. The summed E-state index contributed by atoms with van der Waals surface area (Å²) in [6.07, 6.45) is 8.87. The van der Waals surface area contributed by atoms with Crippen LogP contribution in [0.15, 0.2) is 47.4 Å². The third-order valence-corrected chi connectivity index (χ3v) is 5.97. The van der Waals surface area contributed by atoms with Crippen molar-refractivity contribution in [1.29, 1.82) is 0 Å². The molecule has 4 rings (SSSR count). The molecular formula is C22H26F2N2O2. The molecule has 2 heterocycles. The number of halogens is 2. The number of likely N-dealkylation sites (tertiary alicyclic amines) is 1. The van der Waals surface area contributed by atoms with Crippen LogP contribution in [-0.4, -0.2) is 34.7 Å². The van der Waals surface area contributed by atoms with Gasteiger partial charge in [0, 0.05) is 31.4 Å². The van der Waals surface area contributed by atoms with Gasteiger partial charge in [0.2, 0.25) is 0 Å². The monoisotopic (exact) mass is 388 g/mol. The maximum absolute atomic E-state index is 12.7. The Morgan fingerprint density at radius 1 is 0.929 bits per heavy atom. The van der Waals surface area contributed by atoms with Crippen LogP contribution < -0.4 is 10.3 Å². The predicted octanol–water partition coefficient (Wildman–Crippen LogP) is 4.70. The summed E-state index contributed by atoms with van der Waals surface area (Å²) in [5.41, 5.74) is 0.724. The number of benzene rings is 1. The lowest BCUT2D eigenvalue weighted by Crippen LogP contribution is -2.43. The third kappa shape index (κ3) is 4.27. The first-order valence-corrected chi connectivity index (χ1v) is 10.1. The van der Waals surface area contributed by atoms with E-state index in [1.807, 2.05) is 24.3 Å². The second kappa shape index (κ2) is 8.43. The quantitative estimate of drug-likeness (QED) is 0.745. The Bertz CT molecular complexity index is 836. The van der Waals surface area contributed by atoms with Crippen molar-refractivity contribution in [3.63, 3.8) is 0 Å². The van der Waals surface area contributed by atoms with E-state index >= 15 is 0 Å². The van der Waals surface area contributed by atoms with E-state index in [9.17, 15) is 13.6 Å². The zero-order valence-electron chi connectivity index (χ0n) is 15.9. The molecule has 2 aromatic rings. The highest BCUT2D eigenvalue weighted by Crippen LogP contribution is 2.28. The Morgan fingerprint density at radius 2 is 1.61 bits per heavy atom. The Kier molecular flexibility index (Phi) is 5.76. The Balaban J connectivity index is 1.35. The first-order valence-electron chi connectivity index (χ1n) is 10.1. The van der Waals surface area contributed by atoms with E-state index < -0.39 is 12.1 Å². The standard InChI is InChI=1S/C22H26F2N2O2/c23-22(24)26-14-9-17(15-21(26)27)16-5-7-19(8-6-16)28-20-10-12-25(13-11-20)18-3-1-2-4-18/h5-9,14-15,18,20,22H,1-4,10-13H2. The van der Waals surface area contributed by atoms with E-state index in [2.05, 4.69) is 4.90 Å². The van der Waals surface area contributed by atoms with Crippen LogP contribution in [0.25, 0.3) is 11.1 Å². The average Bonchev–Trinajstić information content (AvgIpc) is 3.24. The van der Waals surface area contributed by atoms with E-state index in [4.69, 9.17) is 4.74 Å². The number of rotatable bonds is 5. The molecule has 1 saturated heterocycles. The van der Waals surface area contributed by atoms with E-state index in [1.54, 1.807) is 0 Å². The van der Waals surface area contributed by atoms with Gasteiger partial charge in [0.25, 0.3) is 5.56 Å². The lowest BCUT2D eigenvalue weighted by Gasteiger charge is -2.36. The normalized spacial score (nSPS) is 19.4. The first kappa shape index (κ1) is 19.1. The van der Waals surface area contributed by atoms with Crippen molar-refractivity contribution in [3.05, 3.63) is 52.9 Å². The highest BCUT2D eigenvalue weighted by molar-refractivity contribution is 5.63. The molecule has 1 aromatic heterocycles. The van der Waals surface area contributed by atoms with E-state index in [0.717, 1.165) is 49.5 Å². The SMILES string of the molecule is O=c1cc(-c2ccc(OC3CCN(C4CCCC4)CC3)cc2)ccn1C(F)F. The number of aromatic nitrogens is 1. The summed E-state index contributed by atoms with van der Waals surface area (Å²) in [5.74, 6) is 0.809. The number of ether oxygens (including phenoxy) is 1. The van der Waals surface area contributed by atoms with Gasteiger partial charge in [0.05, 0.1) is 0 Å². The summed E-state index contributed by atoms with van der Waals surface area (Å²) in [5, 5.41) is 0. The van der Waals surface area contributed by atoms with Gasteiger partial charge in [0.15, 0.2) is 0 Å². The summed E-state index contributed by atoms with van der Waals surface area (Å²) in [7, 11) is 0. The number of pyridine rings is 1. The van der Waals surface area contributed by atoms with Gasteiger partial charge in [-0.3, -0.25) is 9.36 Å². The van der Waals surface area contributed by atoms with Gasteiger partial charge in [-0.2, -0.15) is 8.78 Å². The smallest absolute Gasteiger partial charge is 0.321 e. The number of nitrogens with zero attached hydrogens (tertiary/aromatic N) is 2. The van der Waals surface area contributed by atoms with E-state index in [0.29, 0.717) is 10.1 Å². The van der Waals surface area contributed by atoms with Gasteiger partial charge in [-0.1, -0.05) is 25.0 Å². The van der Waals surface area contributed by atoms with Gasteiger partial charge in [-0.05, 0) is 55.0 Å². The van der Waals surface area contributed by atoms with Crippen molar-refractivity contribution in [1.82, 2.24) is 9.47 Å². The van der Waals surface area contributed by atoms with Crippen molar-refractivity contribution in [2.45, 2.75) is 57.2 Å². The third-order valence-electron chi connectivity index (χ3n) is 5.97. The lowest BCUT2D eigenvalue weighted by molar-refractivity contribution is 0.0664. The molecule has 1 aromatic carbocycles. The fourth-order valence-electron chi connectivity index (χ4n) is 4.38. The van der Waals surface area contributed by atoms with Crippen molar-refractivity contribution in [3.8, 4) is 16.9 Å². The van der Waals surface area contributed by atoms with Crippen molar-refractivity contribution in [2.75, 3.05) is 13.1 Å². The van der Waals surface area contributed by atoms with Crippen LogP contribution in [0, 0.1) is 0 Å². The lowest BCUT2D eigenvalue weighted by atomic mass is 10.0. The van der Waals surface area contributed by atoms with Crippen LogP contribution in [0.5, 0.6) is 5.75 Å². The van der Waals surface area contributed by atoms with E-state index in [1.165, 1.54) is 37.8 Å². The minimum Gasteiger partial charge on any atom is -0.490 e. The molecule has 4 nitrogen and oxygen atoms in total. The second-order valence-corrected chi connectivity index (χ2v) is 7.75. The minimum atomic E-state index is -2.82. The molecule has 150 valence electrons. The second-order valence-electron chi connectivity index (χ2n) is 7.75. The minimum absolute atomic E-state index is 0.235. The van der Waals surface area contributed by atoms with Crippen LogP contribution in [0.3, 0.4) is 0 Å². The molecule has 0 spiro atoms. The van der Waals surface area contributed by atoms with Crippen molar-refractivity contribution in [2.24, 2.45) is 0 Å².